The Hall–Kier alpha value is -2.10. The number of nitrogens with one attached hydrogen (secondary N) is 2. The molecule has 29 heavy (non-hydrogen) atoms. The molecule has 0 spiro atoms. The standard InChI is InChI=1S/C20H28BrN3O5/c1-19(2,3)28-17(23-11-25)16(24(27)18(26)29-20(4,5)6)14-10-22-15-9-12(21)7-8-13(14)15/h7-11,16-17,22,27H,1-6H3,(H,23,25). The molecule has 1 aromatic carbocycles. The highest BCUT2D eigenvalue weighted by atomic mass is 79.9. The van der Waals surface area contributed by atoms with Gasteiger partial charge in [-0.3, -0.25) is 10.0 Å². The largest absolute Gasteiger partial charge is 0.442 e. The van der Waals surface area contributed by atoms with E-state index in [9.17, 15) is 14.8 Å². The van der Waals surface area contributed by atoms with Crippen LogP contribution in [0.2, 0.25) is 0 Å². The van der Waals surface area contributed by atoms with Gasteiger partial charge in [0.15, 0.2) is 6.23 Å². The van der Waals surface area contributed by atoms with Crippen LogP contribution in [-0.4, -0.2) is 45.2 Å². The van der Waals surface area contributed by atoms with Crippen LogP contribution in [0.15, 0.2) is 28.9 Å². The van der Waals surface area contributed by atoms with Gasteiger partial charge in [0.05, 0.1) is 5.60 Å². The number of fused-ring (bicyclic) bond motifs is 1. The Kier molecular flexibility index (Phi) is 6.97. The topological polar surface area (TPSA) is 104 Å². The molecule has 0 radical (unpaired) electrons. The molecule has 8 nitrogen and oxygen atoms in total. The molecule has 0 bridgehead atoms. The van der Waals surface area contributed by atoms with E-state index < -0.39 is 29.6 Å². The lowest BCUT2D eigenvalue weighted by molar-refractivity contribution is -0.182. The summed E-state index contributed by atoms with van der Waals surface area (Å²) < 4.78 is 12.2. The van der Waals surface area contributed by atoms with Crippen molar-refractivity contribution < 1.29 is 24.3 Å². The molecule has 2 unspecified atom stereocenters. The number of amides is 2. The number of hydrogen-bond acceptors (Lipinski definition) is 5. The molecule has 160 valence electrons. The maximum atomic E-state index is 12.6. The smallest absolute Gasteiger partial charge is 0.435 e. The monoisotopic (exact) mass is 469 g/mol. The van der Waals surface area contributed by atoms with Crippen molar-refractivity contribution in [3.63, 3.8) is 0 Å². The van der Waals surface area contributed by atoms with Crippen LogP contribution in [0.5, 0.6) is 0 Å². The van der Waals surface area contributed by atoms with E-state index in [1.54, 1.807) is 27.0 Å². The number of benzene rings is 1. The fraction of sp³-hybridized carbons (Fsp3) is 0.500. The first-order valence-corrected chi connectivity index (χ1v) is 9.97. The lowest BCUT2D eigenvalue weighted by Gasteiger charge is -2.36. The van der Waals surface area contributed by atoms with Crippen molar-refractivity contribution >= 4 is 39.3 Å². The van der Waals surface area contributed by atoms with Crippen LogP contribution < -0.4 is 5.32 Å². The molecule has 1 heterocycles. The zero-order chi connectivity index (χ0) is 22.0. The molecule has 2 aromatic rings. The Morgan fingerprint density at radius 3 is 2.45 bits per heavy atom. The highest BCUT2D eigenvalue weighted by molar-refractivity contribution is 9.10. The van der Waals surface area contributed by atoms with E-state index in [2.05, 4.69) is 26.2 Å². The number of halogens is 1. The van der Waals surface area contributed by atoms with Gasteiger partial charge in [0.2, 0.25) is 6.41 Å². The zero-order valence-corrected chi connectivity index (χ0v) is 19.0. The number of rotatable bonds is 6. The minimum atomic E-state index is -1.07. The molecule has 0 saturated heterocycles. The molecule has 2 atom stereocenters. The molecular formula is C20H28BrN3O5. The molecule has 2 rings (SSSR count). The van der Waals surface area contributed by atoms with Crippen molar-refractivity contribution in [1.29, 1.82) is 0 Å². The van der Waals surface area contributed by atoms with E-state index in [1.165, 1.54) is 0 Å². The molecule has 2 amide bonds. The number of carbonyl (C=O) groups excluding carboxylic acids is 2. The van der Waals surface area contributed by atoms with Gasteiger partial charge in [-0.1, -0.05) is 22.0 Å². The van der Waals surface area contributed by atoms with Crippen LogP contribution in [0.3, 0.4) is 0 Å². The fourth-order valence-corrected chi connectivity index (χ4v) is 3.21. The highest BCUT2D eigenvalue weighted by Crippen LogP contribution is 2.34. The van der Waals surface area contributed by atoms with Gasteiger partial charge in [0, 0.05) is 27.1 Å². The molecule has 0 aliphatic heterocycles. The Balaban J connectivity index is 2.56. The Labute approximate surface area is 178 Å². The summed E-state index contributed by atoms with van der Waals surface area (Å²) >= 11 is 3.42. The summed E-state index contributed by atoms with van der Waals surface area (Å²) in [6.07, 6.45) is 0.148. The third kappa shape index (κ3) is 6.19. The lowest BCUT2D eigenvalue weighted by atomic mass is 10.0. The number of aromatic nitrogens is 1. The SMILES string of the molecule is CC(C)(C)OC(=O)N(O)C(c1c[nH]c2cc(Br)ccc12)C(NC=O)OC(C)(C)C. The number of aromatic amines is 1. The van der Waals surface area contributed by atoms with Gasteiger partial charge in [-0.25, -0.2) is 4.79 Å². The molecule has 1 aromatic heterocycles. The maximum absolute atomic E-state index is 12.6. The van der Waals surface area contributed by atoms with Crippen molar-refractivity contribution in [2.24, 2.45) is 0 Å². The fourth-order valence-electron chi connectivity index (χ4n) is 2.85. The van der Waals surface area contributed by atoms with Gasteiger partial charge in [0.25, 0.3) is 0 Å². The van der Waals surface area contributed by atoms with E-state index in [1.807, 2.05) is 39.0 Å². The van der Waals surface area contributed by atoms with Gasteiger partial charge in [0.1, 0.15) is 11.6 Å². The zero-order valence-electron chi connectivity index (χ0n) is 17.4. The quantitative estimate of drug-likeness (QED) is 0.250. The normalized spacial score (nSPS) is 14.3. The molecule has 0 aliphatic carbocycles. The third-order valence-corrected chi connectivity index (χ3v) is 4.33. The highest BCUT2D eigenvalue weighted by Gasteiger charge is 2.38. The number of H-pyrrole nitrogens is 1. The Morgan fingerprint density at radius 2 is 1.90 bits per heavy atom. The van der Waals surface area contributed by atoms with Crippen LogP contribution in [0.25, 0.3) is 10.9 Å². The van der Waals surface area contributed by atoms with Crippen LogP contribution in [0.1, 0.15) is 53.1 Å². The van der Waals surface area contributed by atoms with Gasteiger partial charge < -0.3 is 19.8 Å². The molecule has 9 heteroatoms. The Morgan fingerprint density at radius 1 is 1.24 bits per heavy atom. The van der Waals surface area contributed by atoms with Crippen molar-refractivity contribution in [1.82, 2.24) is 15.4 Å². The molecule has 3 N–H and O–H groups in total. The average molecular weight is 470 g/mol. The Bertz CT molecular complexity index is 869. The second-order valence-corrected chi connectivity index (χ2v) is 9.55. The second-order valence-electron chi connectivity index (χ2n) is 8.64. The summed E-state index contributed by atoms with van der Waals surface area (Å²) in [6, 6.07) is 4.50. The summed E-state index contributed by atoms with van der Waals surface area (Å²) in [5.74, 6) is 0. The van der Waals surface area contributed by atoms with Crippen molar-refractivity contribution in [3.8, 4) is 0 Å². The van der Waals surface area contributed by atoms with Crippen LogP contribution >= 0.6 is 15.9 Å². The van der Waals surface area contributed by atoms with Gasteiger partial charge in [-0.15, -0.1) is 0 Å². The second kappa shape index (κ2) is 8.73. The number of hydrogen-bond donors (Lipinski definition) is 3. The first-order chi connectivity index (χ1) is 13.3. The predicted octanol–water partition coefficient (Wildman–Crippen LogP) is 4.49. The minimum absolute atomic E-state index is 0.461. The summed E-state index contributed by atoms with van der Waals surface area (Å²) in [7, 11) is 0. The predicted molar refractivity (Wildman–Crippen MR) is 112 cm³/mol. The lowest BCUT2D eigenvalue weighted by Crippen LogP contribution is -2.49. The molecule has 0 aliphatic rings. The van der Waals surface area contributed by atoms with Crippen molar-refractivity contribution in [2.75, 3.05) is 0 Å². The van der Waals surface area contributed by atoms with Crippen molar-refractivity contribution in [3.05, 3.63) is 34.4 Å². The molecule has 0 saturated carbocycles. The number of hydroxylamine groups is 2. The first-order valence-electron chi connectivity index (χ1n) is 9.17. The average Bonchev–Trinajstić information content (AvgIpc) is 2.95. The van der Waals surface area contributed by atoms with E-state index in [0.29, 0.717) is 17.0 Å². The number of nitrogens with zero attached hydrogens (tertiary/aromatic N) is 1. The number of ether oxygens (including phenoxy) is 2. The van der Waals surface area contributed by atoms with Gasteiger partial charge in [-0.2, -0.15) is 5.06 Å². The van der Waals surface area contributed by atoms with E-state index in [0.717, 1.165) is 15.4 Å². The van der Waals surface area contributed by atoms with E-state index in [-0.39, 0.29) is 0 Å². The van der Waals surface area contributed by atoms with Crippen LogP contribution in [-0.2, 0) is 14.3 Å². The first kappa shape index (κ1) is 23.2. The molecular weight excluding hydrogens is 442 g/mol. The van der Waals surface area contributed by atoms with Crippen LogP contribution in [0.4, 0.5) is 4.79 Å². The van der Waals surface area contributed by atoms with E-state index >= 15 is 0 Å². The third-order valence-electron chi connectivity index (χ3n) is 3.84. The van der Waals surface area contributed by atoms with E-state index in [4.69, 9.17) is 9.47 Å². The molecule has 0 fully saturated rings. The summed E-state index contributed by atoms with van der Waals surface area (Å²) in [5, 5.41) is 14.6. The van der Waals surface area contributed by atoms with Gasteiger partial charge in [-0.05, 0) is 53.7 Å². The van der Waals surface area contributed by atoms with Gasteiger partial charge >= 0.3 is 6.09 Å². The number of carbonyl (C=O) groups is 2. The van der Waals surface area contributed by atoms with Crippen molar-refractivity contribution in [2.45, 2.75) is 65.0 Å². The summed E-state index contributed by atoms with van der Waals surface area (Å²) in [5.41, 5.74) is -0.128. The summed E-state index contributed by atoms with van der Waals surface area (Å²) in [4.78, 5) is 27.0. The van der Waals surface area contributed by atoms with Crippen LogP contribution in [0, 0.1) is 0 Å². The minimum Gasteiger partial charge on any atom is -0.442 e. The summed E-state index contributed by atoms with van der Waals surface area (Å²) in [6.45, 7) is 10.5. The maximum Gasteiger partial charge on any atom is 0.435 e.